The van der Waals surface area contributed by atoms with Crippen molar-refractivity contribution in [1.29, 1.82) is 5.26 Å². The monoisotopic (exact) mass is 529 g/mol. The Morgan fingerprint density at radius 1 is 1.05 bits per heavy atom. The van der Waals surface area contributed by atoms with Crippen molar-refractivity contribution in [1.82, 2.24) is 0 Å². The molecule has 3 aromatic carbocycles. The van der Waals surface area contributed by atoms with Crippen LogP contribution >= 0.6 is 11.6 Å². The van der Waals surface area contributed by atoms with Crippen molar-refractivity contribution < 1.29 is 27.5 Å². The Kier molecular flexibility index (Phi) is 7.40. The van der Waals surface area contributed by atoms with Gasteiger partial charge in [-0.3, -0.25) is 0 Å². The molecule has 0 bridgehead atoms. The van der Waals surface area contributed by atoms with Crippen LogP contribution in [0.4, 0.5) is 24.5 Å². The largest absolute Gasteiger partial charge is 0.600 e. The molecule has 0 amide bonds. The van der Waals surface area contributed by atoms with Gasteiger partial charge in [-0.25, -0.2) is 0 Å². The van der Waals surface area contributed by atoms with E-state index in [1.807, 2.05) is 36.4 Å². The van der Waals surface area contributed by atoms with E-state index < -0.39 is 19.2 Å². The fraction of sp³-hybridized carbons (Fsp3) is 0.160. The van der Waals surface area contributed by atoms with Crippen LogP contribution in [0, 0.1) is 16.5 Å². The number of rotatable bonds is 7. The Hall–Kier alpha value is -4.43. The van der Waals surface area contributed by atoms with E-state index in [0.717, 1.165) is 22.5 Å². The number of nitrogens with one attached hydrogen (secondary N) is 2. The number of alkyl halides is 3. The summed E-state index contributed by atoms with van der Waals surface area (Å²) in [6.07, 6.45) is -3.96. The van der Waals surface area contributed by atoms with Crippen LogP contribution in [-0.2, 0) is 0 Å². The van der Waals surface area contributed by atoms with Crippen molar-refractivity contribution in [2.45, 2.75) is 12.6 Å². The lowest BCUT2D eigenvalue weighted by atomic mass is 10.0. The minimum atomic E-state index is -4.38. The van der Waals surface area contributed by atoms with Gasteiger partial charge in [0, 0.05) is 17.2 Å². The van der Waals surface area contributed by atoms with E-state index in [1.165, 1.54) is 19.2 Å². The van der Waals surface area contributed by atoms with Crippen LogP contribution < -0.4 is 20.1 Å². The molecule has 190 valence electrons. The van der Waals surface area contributed by atoms with Crippen LogP contribution in [0.2, 0.25) is 5.02 Å². The summed E-state index contributed by atoms with van der Waals surface area (Å²) in [6.45, 7) is -0.655. The van der Waals surface area contributed by atoms with Crippen LogP contribution in [0.3, 0.4) is 0 Å². The molecule has 12 heteroatoms. The Balaban J connectivity index is 1.46. The third-order valence-electron chi connectivity index (χ3n) is 5.09. The highest BCUT2D eigenvalue weighted by molar-refractivity contribution is 6.32. The average Bonchev–Trinajstić information content (AvgIpc) is 2.84. The summed E-state index contributed by atoms with van der Waals surface area (Å²) in [5.74, 6) is 0.962. The maximum absolute atomic E-state index is 12.4. The van der Waals surface area contributed by atoms with Gasteiger partial charge in [-0.2, -0.15) is 18.4 Å². The molecule has 1 heterocycles. The Labute approximate surface area is 214 Å². The number of benzene rings is 3. The first-order chi connectivity index (χ1) is 17.6. The van der Waals surface area contributed by atoms with Gasteiger partial charge in [0.2, 0.25) is 5.82 Å². The number of ether oxygens (including phenoxy) is 2. The summed E-state index contributed by atoms with van der Waals surface area (Å²) >= 11 is 6.15. The lowest BCUT2D eigenvalue weighted by Crippen LogP contribution is -2.13. The summed E-state index contributed by atoms with van der Waals surface area (Å²) < 4.78 is 48.1. The molecule has 0 fully saturated rings. The summed E-state index contributed by atoms with van der Waals surface area (Å²) in [7, 11) is 1.29. The number of anilines is 2. The number of hydroxylamine groups is 1. The molecule has 8 nitrogen and oxygen atoms in total. The molecular formula is C25H19ClF3N5O3. The van der Waals surface area contributed by atoms with Crippen molar-refractivity contribution in [3.8, 4) is 34.4 Å². The van der Waals surface area contributed by atoms with Crippen molar-refractivity contribution in [3.63, 3.8) is 0 Å². The Morgan fingerprint density at radius 3 is 2.46 bits per heavy atom. The molecule has 0 atom stereocenters. The second-order valence-electron chi connectivity index (χ2n) is 7.86. The van der Waals surface area contributed by atoms with Crippen molar-refractivity contribution in [3.05, 3.63) is 82.4 Å². The Bertz CT molecular complexity index is 1410. The number of hydrogen-bond acceptors (Lipinski definition) is 7. The first kappa shape index (κ1) is 25.7. The van der Waals surface area contributed by atoms with Gasteiger partial charge < -0.3 is 25.3 Å². The van der Waals surface area contributed by atoms with Gasteiger partial charge in [-0.15, -0.1) is 0 Å². The van der Waals surface area contributed by atoms with E-state index in [1.54, 1.807) is 18.3 Å². The van der Waals surface area contributed by atoms with Gasteiger partial charge in [0.05, 0.1) is 41.2 Å². The standard InChI is InChI=1S/C25H19ClF3N5O3/c1-34(35)33-23-14-31-22-11-16(4-7-21(22)32-23)15-2-5-18(6-3-15)37-19-10-17(13-30)24(20(26)12-19)36-9-8-25(27,28)29/h2-7,10-12,14,31-32H,8-9H2,1H3/b34-33-. The highest BCUT2D eigenvalue weighted by Crippen LogP contribution is 2.37. The summed E-state index contributed by atoms with van der Waals surface area (Å²) in [4.78, 5) is 0.458. The van der Waals surface area contributed by atoms with E-state index in [2.05, 4.69) is 15.7 Å². The van der Waals surface area contributed by atoms with Gasteiger partial charge in [0.15, 0.2) is 12.8 Å². The topological polar surface area (TPSA) is 105 Å². The zero-order valence-electron chi connectivity index (χ0n) is 19.3. The van der Waals surface area contributed by atoms with E-state index in [4.69, 9.17) is 21.1 Å². The number of fused-ring (bicyclic) bond motifs is 1. The Morgan fingerprint density at radius 2 is 1.78 bits per heavy atom. The molecule has 0 aliphatic carbocycles. The van der Waals surface area contributed by atoms with Crippen molar-refractivity contribution >= 4 is 23.0 Å². The fourth-order valence-electron chi connectivity index (χ4n) is 3.46. The van der Waals surface area contributed by atoms with E-state index in [9.17, 15) is 23.6 Å². The maximum atomic E-state index is 12.4. The maximum Gasteiger partial charge on any atom is 0.392 e. The molecule has 0 aromatic heterocycles. The van der Waals surface area contributed by atoms with E-state index in [0.29, 0.717) is 16.4 Å². The molecule has 0 saturated heterocycles. The third kappa shape index (κ3) is 6.62. The number of nitriles is 1. The van der Waals surface area contributed by atoms with Gasteiger partial charge in [0.25, 0.3) is 0 Å². The van der Waals surface area contributed by atoms with Crippen LogP contribution in [0.25, 0.3) is 11.1 Å². The second kappa shape index (κ2) is 10.7. The number of azo groups is 1. The van der Waals surface area contributed by atoms with Crippen LogP contribution in [0.15, 0.2) is 71.7 Å². The molecule has 2 N–H and O–H groups in total. The van der Waals surface area contributed by atoms with Crippen LogP contribution in [0.1, 0.15) is 12.0 Å². The highest BCUT2D eigenvalue weighted by atomic mass is 35.5. The van der Waals surface area contributed by atoms with E-state index >= 15 is 0 Å². The normalized spacial score (nSPS) is 13.0. The number of hydrogen-bond donors (Lipinski definition) is 2. The van der Waals surface area contributed by atoms with Gasteiger partial charge in [-0.05, 0) is 35.4 Å². The minimum absolute atomic E-state index is 0.0325. The zero-order valence-corrected chi connectivity index (χ0v) is 20.0. The molecule has 1 aliphatic rings. The molecule has 1 aliphatic heterocycles. The molecule has 0 unspecified atom stereocenters. The average molecular weight is 530 g/mol. The fourth-order valence-corrected chi connectivity index (χ4v) is 3.72. The van der Waals surface area contributed by atoms with Gasteiger partial charge in [-0.1, -0.05) is 34.7 Å². The van der Waals surface area contributed by atoms with Gasteiger partial charge in [0.1, 0.15) is 17.6 Å². The molecular weight excluding hydrogens is 511 g/mol. The quantitative estimate of drug-likeness (QED) is 0.190. The van der Waals surface area contributed by atoms with E-state index in [-0.39, 0.29) is 22.1 Å². The first-order valence-electron chi connectivity index (χ1n) is 10.8. The second-order valence-corrected chi connectivity index (χ2v) is 8.26. The van der Waals surface area contributed by atoms with Crippen LogP contribution in [-0.4, -0.2) is 24.7 Å². The van der Waals surface area contributed by atoms with Gasteiger partial charge >= 0.3 is 6.18 Å². The predicted octanol–water partition coefficient (Wildman–Crippen LogP) is 7.23. The predicted molar refractivity (Wildman–Crippen MR) is 132 cm³/mol. The number of halogens is 4. The molecule has 0 spiro atoms. The summed E-state index contributed by atoms with van der Waals surface area (Å²) in [5, 5.41) is 30.4. The number of nitrogens with zero attached hydrogens (tertiary/aromatic N) is 3. The molecule has 4 rings (SSSR count). The SMILES string of the molecule is C/[N+]([O-])=N/C1=CNc2cc(-c3ccc(Oc4cc(Cl)c(OCCC(F)(F)F)c(C#N)c4)cc3)ccc2N1. The zero-order chi connectivity index (χ0) is 26.6. The molecule has 0 radical (unpaired) electrons. The lowest BCUT2D eigenvalue weighted by Gasteiger charge is -2.18. The molecule has 37 heavy (non-hydrogen) atoms. The van der Waals surface area contributed by atoms with Crippen molar-refractivity contribution in [2.75, 3.05) is 24.3 Å². The molecule has 3 aromatic rings. The first-order valence-corrected chi connectivity index (χ1v) is 11.2. The summed E-state index contributed by atoms with van der Waals surface area (Å²) in [5.41, 5.74) is 3.36. The summed E-state index contributed by atoms with van der Waals surface area (Å²) in [6, 6.07) is 17.4. The molecule has 0 saturated carbocycles. The van der Waals surface area contributed by atoms with Crippen molar-refractivity contribution in [2.24, 2.45) is 5.11 Å². The third-order valence-corrected chi connectivity index (χ3v) is 5.37. The minimum Gasteiger partial charge on any atom is -0.600 e. The lowest BCUT2D eigenvalue weighted by molar-refractivity contribution is -0.495. The smallest absolute Gasteiger partial charge is 0.392 e. The highest BCUT2D eigenvalue weighted by Gasteiger charge is 2.27. The van der Waals surface area contributed by atoms with Crippen LogP contribution in [0.5, 0.6) is 17.2 Å².